The van der Waals surface area contributed by atoms with Gasteiger partial charge in [0.05, 0.1) is 21.3 Å². The molecule has 124 valence electrons. The minimum absolute atomic E-state index is 0.247. The van der Waals surface area contributed by atoms with E-state index in [1.807, 2.05) is 6.92 Å². The Balaban J connectivity index is 2.86. The number of amides is 2. The summed E-state index contributed by atoms with van der Waals surface area (Å²) in [4.78, 5) is 23.6. The van der Waals surface area contributed by atoms with Crippen LogP contribution in [0.1, 0.15) is 17.3 Å². The van der Waals surface area contributed by atoms with Gasteiger partial charge in [-0.3, -0.25) is 20.4 Å². The molecule has 1 aromatic carbocycles. The second kappa shape index (κ2) is 9.14. The second-order valence-electron chi connectivity index (χ2n) is 4.24. The molecule has 0 saturated heterocycles. The number of methoxy groups -OCH3 is 3. The molecule has 0 saturated carbocycles. The van der Waals surface area contributed by atoms with Crippen LogP contribution in [0.3, 0.4) is 0 Å². The Morgan fingerprint density at radius 1 is 0.957 bits per heavy atom. The van der Waals surface area contributed by atoms with E-state index in [0.29, 0.717) is 17.2 Å². The Kier molecular flexibility index (Phi) is 7.19. The SMILES string of the molecule is C/C=C/C=C/C(=O)NNC(=O)c1cc(OC)c(OC)c(OC)c1. The van der Waals surface area contributed by atoms with Gasteiger partial charge in [-0.15, -0.1) is 0 Å². The standard InChI is InChI=1S/C16H20N2O5/c1-5-6-7-8-14(19)17-18-16(20)11-9-12(21-2)15(23-4)13(10-11)22-3/h5-10H,1-4H3,(H,17,19)(H,18,20)/b6-5+,8-7+. The van der Waals surface area contributed by atoms with Crippen molar-refractivity contribution in [2.24, 2.45) is 0 Å². The number of benzene rings is 1. The van der Waals surface area contributed by atoms with E-state index in [1.54, 1.807) is 18.2 Å². The maximum absolute atomic E-state index is 12.1. The molecule has 1 rings (SSSR count). The van der Waals surface area contributed by atoms with Gasteiger partial charge in [0.15, 0.2) is 11.5 Å². The van der Waals surface area contributed by atoms with Gasteiger partial charge in [0.25, 0.3) is 11.8 Å². The molecule has 0 aliphatic carbocycles. The molecular weight excluding hydrogens is 300 g/mol. The highest BCUT2D eigenvalue weighted by Crippen LogP contribution is 2.38. The zero-order chi connectivity index (χ0) is 17.2. The molecule has 0 spiro atoms. The Bertz CT molecular complexity index is 598. The first-order chi connectivity index (χ1) is 11.1. The van der Waals surface area contributed by atoms with Crippen LogP contribution in [0.15, 0.2) is 36.4 Å². The van der Waals surface area contributed by atoms with Crippen molar-refractivity contribution in [2.75, 3.05) is 21.3 Å². The molecule has 7 nitrogen and oxygen atoms in total. The predicted molar refractivity (Wildman–Crippen MR) is 85.7 cm³/mol. The third kappa shape index (κ3) is 5.06. The average Bonchev–Trinajstić information content (AvgIpc) is 2.58. The number of carbonyl (C=O) groups excluding carboxylic acids is 2. The van der Waals surface area contributed by atoms with Crippen molar-refractivity contribution in [3.05, 3.63) is 42.0 Å². The Hall–Kier alpha value is -2.96. The van der Waals surface area contributed by atoms with E-state index in [1.165, 1.54) is 39.5 Å². The number of hydrazine groups is 1. The number of hydrogen-bond donors (Lipinski definition) is 2. The van der Waals surface area contributed by atoms with Crippen molar-refractivity contribution in [1.82, 2.24) is 10.9 Å². The summed E-state index contributed by atoms with van der Waals surface area (Å²) in [5.74, 6) is 0.0958. The molecule has 2 N–H and O–H groups in total. The third-order valence-electron chi connectivity index (χ3n) is 2.78. The van der Waals surface area contributed by atoms with Crippen LogP contribution < -0.4 is 25.1 Å². The van der Waals surface area contributed by atoms with Crippen LogP contribution in [-0.4, -0.2) is 33.1 Å². The van der Waals surface area contributed by atoms with Gasteiger partial charge >= 0.3 is 0 Å². The summed E-state index contributed by atoms with van der Waals surface area (Å²) in [6.45, 7) is 1.83. The fourth-order valence-electron chi connectivity index (χ4n) is 1.70. The quantitative estimate of drug-likeness (QED) is 0.472. The maximum Gasteiger partial charge on any atom is 0.269 e. The average molecular weight is 320 g/mol. The van der Waals surface area contributed by atoms with Crippen molar-refractivity contribution in [2.45, 2.75) is 6.92 Å². The number of carbonyl (C=O) groups is 2. The topological polar surface area (TPSA) is 85.9 Å². The molecule has 1 aromatic rings. The first kappa shape index (κ1) is 18.1. The van der Waals surface area contributed by atoms with Crippen LogP contribution in [0.5, 0.6) is 17.2 Å². The lowest BCUT2D eigenvalue weighted by Gasteiger charge is -2.14. The molecule has 0 radical (unpaired) electrons. The van der Waals surface area contributed by atoms with Gasteiger partial charge in [-0.2, -0.15) is 0 Å². The lowest BCUT2D eigenvalue weighted by atomic mass is 10.1. The summed E-state index contributed by atoms with van der Waals surface area (Å²) in [5, 5.41) is 0. The van der Waals surface area contributed by atoms with Crippen LogP contribution >= 0.6 is 0 Å². The molecule has 0 aliphatic heterocycles. The van der Waals surface area contributed by atoms with E-state index in [0.717, 1.165) is 0 Å². The molecule has 2 amide bonds. The van der Waals surface area contributed by atoms with Crippen molar-refractivity contribution < 1.29 is 23.8 Å². The van der Waals surface area contributed by atoms with Crippen LogP contribution in [0.2, 0.25) is 0 Å². The Morgan fingerprint density at radius 2 is 1.57 bits per heavy atom. The second-order valence-corrected chi connectivity index (χ2v) is 4.24. The summed E-state index contributed by atoms with van der Waals surface area (Å²) >= 11 is 0. The summed E-state index contributed by atoms with van der Waals surface area (Å²) in [7, 11) is 4.37. The molecule has 0 unspecified atom stereocenters. The fourth-order valence-corrected chi connectivity index (χ4v) is 1.70. The number of nitrogens with one attached hydrogen (secondary N) is 2. The number of hydrogen-bond acceptors (Lipinski definition) is 5. The van der Waals surface area contributed by atoms with E-state index in [4.69, 9.17) is 14.2 Å². The van der Waals surface area contributed by atoms with E-state index < -0.39 is 11.8 Å². The zero-order valence-electron chi connectivity index (χ0n) is 13.5. The van der Waals surface area contributed by atoms with Gasteiger partial charge < -0.3 is 14.2 Å². The molecule has 7 heteroatoms. The van der Waals surface area contributed by atoms with Crippen molar-refractivity contribution >= 4 is 11.8 Å². The fraction of sp³-hybridized carbons (Fsp3) is 0.250. The van der Waals surface area contributed by atoms with Gasteiger partial charge in [0.1, 0.15) is 0 Å². The normalized spacial score (nSPS) is 10.6. The first-order valence-corrected chi connectivity index (χ1v) is 6.77. The van der Waals surface area contributed by atoms with E-state index in [-0.39, 0.29) is 5.56 Å². The molecule has 0 bridgehead atoms. The zero-order valence-corrected chi connectivity index (χ0v) is 13.5. The number of allylic oxidation sites excluding steroid dienone is 3. The molecule has 0 fully saturated rings. The van der Waals surface area contributed by atoms with Gasteiger partial charge in [-0.05, 0) is 19.1 Å². The van der Waals surface area contributed by atoms with E-state index in [9.17, 15) is 9.59 Å². The third-order valence-corrected chi connectivity index (χ3v) is 2.78. The summed E-state index contributed by atoms with van der Waals surface area (Å²) in [5.41, 5.74) is 4.82. The summed E-state index contributed by atoms with van der Waals surface area (Å²) in [6, 6.07) is 2.97. The molecular formula is C16H20N2O5. The first-order valence-electron chi connectivity index (χ1n) is 6.77. The lowest BCUT2D eigenvalue weighted by Crippen LogP contribution is -2.40. The van der Waals surface area contributed by atoms with Crippen molar-refractivity contribution in [3.8, 4) is 17.2 Å². The largest absolute Gasteiger partial charge is 0.493 e. The molecule has 0 aliphatic rings. The monoisotopic (exact) mass is 320 g/mol. The van der Waals surface area contributed by atoms with E-state index >= 15 is 0 Å². The molecule has 0 heterocycles. The number of ether oxygens (including phenoxy) is 3. The minimum Gasteiger partial charge on any atom is -0.493 e. The number of rotatable bonds is 6. The van der Waals surface area contributed by atoms with Gasteiger partial charge in [0.2, 0.25) is 5.75 Å². The lowest BCUT2D eigenvalue weighted by molar-refractivity contribution is -0.117. The summed E-state index contributed by atoms with van der Waals surface area (Å²) in [6.07, 6.45) is 6.31. The van der Waals surface area contributed by atoms with Crippen LogP contribution in [0, 0.1) is 0 Å². The highest BCUT2D eigenvalue weighted by molar-refractivity contribution is 5.97. The van der Waals surface area contributed by atoms with Crippen LogP contribution in [0.25, 0.3) is 0 Å². The Morgan fingerprint density at radius 3 is 2.04 bits per heavy atom. The summed E-state index contributed by atoms with van der Waals surface area (Å²) < 4.78 is 15.5. The van der Waals surface area contributed by atoms with Gasteiger partial charge in [0, 0.05) is 11.6 Å². The van der Waals surface area contributed by atoms with Crippen molar-refractivity contribution in [3.63, 3.8) is 0 Å². The van der Waals surface area contributed by atoms with Gasteiger partial charge in [-0.25, -0.2) is 0 Å². The van der Waals surface area contributed by atoms with Crippen molar-refractivity contribution in [1.29, 1.82) is 0 Å². The van der Waals surface area contributed by atoms with Crippen LogP contribution in [0.4, 0.5) is 0 Å². The van der Waals surface area contributed by atoms with Crippen LogP contribution in [-0.2, 0) is 4.79 Å². The molecule has 0 aromatic heterocycles. The Labute approximate surface area is 134 Å². The minimum atomic E-state index is -0.517. The highest BCUT2D eigenvalue weighted by atomic mass is 16.5. The molecule has 0 atom stereocenters. The smallest absolute Gasteiger partial charge is 0.269 e. The van der Waals surface area contributed by atoms with E-state index in [2.05, 4.69) is 10.9 Å². The van der Waals surface area contributed by atoms with Gasteiger partial charge in [-0.1, -0.05) is 18.2 Å². The predicted octanol–water partition coefficient (Wildman–Crippen LogP) is 1.61. The molecule has 23 heavy (non-hydrogen) atoms. The highest BCUT2D eigenvalue weighted by Gasteiger charge is 2.17. The maximum atomic E-state index is 12.1.